The highest BCUT2D eigenvalue weighted by Crippen LogP contribution is 2.21. The molecule has 2 aromatic rings. The second kappa shape index (κ2) is 6.95. The molecule has 118 valence electrons. The number of azo groups is 1. The lowest BCUT2D eigenvalue weighted by molar-refractivity contribution is -0.111. The molecular formula is C15H13N3O4S. The minimum atomic E-state index is -4.22. The molecule has 0 saturated heterocycles. The van der Waals surface area contributed by atoms with Gasteiger partial charge in [0.1, 0.15) is 0 Å². The van der Waals surface area contributed by atoms with Crippen molar-refractivity contribution in [1.29, 1.82) is 0 Å². The number of hydrogen-bond acceptors (Lipinski definition) is 5. The number of carbonyl (C=O) groups is 1. The van der Waals surface area contributed by atoms with Crippen molar-refractivity contribution in [1.82, 2.24) is 0 Å². The zero-order chi connectivity index (χ0) is 16.9. The van der Waals surface area contributed by atoms with Crippen molar-refractivity contribution in [3.05, 3.63) is 61.2 Å². The molecule has 0 spiro atoms. The summed E-state index contributed by atoms with van der Waals surface area (Å²) in [5.41, 5.74) is 1.59. The number of carbonyl (C=O) groups excluding carboxylic acids is 1. The molecule has 0 aromatic heterocycles. The number of amides is 1. The van der Waals surface area contributed by atoms with E-state index in [1.54, 1.807) is 24.3 Å². The third-order valence-corrected chi connectivity index (χ3v) is 3.60. The van der Waals surface area contributed by atoms with Gasteiger partial charge in [-0.25, -0.2) is 0 Å². The van der Waals surface area contributed by atoms with Crippen molar-refractivity contribution in [2.45, 2.75) is 4.90 Å². The molecule has 8 heteroatoms. The Morgan fingerprint density at radius 2 is 1.48 bits per heavy atom. The Balaban J connectivity index is 2.08. The van der Waals surface area contributed by atoms with Crippen LogP contribution in [0.2, 0.25) is 0 Å². The first-order valence-electron chi connectivity index (χ1n) is 6.41. The third kappa shape index (κ3) is 4.83. The zero-order valence-corrected chi connectivity index (χ0v) is 12.7. The Hall–Kier alpha value is -2.84. The zero-order valence-electron chi connectivity index (χ0n) is 11.9. The second-order valence-electron chi connectivity index (χ2n) is 4.41. The van der Waals surface area contributed by atoms with Crippen molar-refractivity contribution in [3.63, 3.8) is 0 Å². The minimum absolute atomic E-state index is 0.209. The lowest BCUT2D eigenvalue weighted by Crippen LogP contribution is -2.06. The highest BCUT2D eigenvalue weighted by molar-refractivity contribution is 7.85. The summed E-state index contributed by atoms with van der Waals surface area (Å²) < 4.78 is 30.7. The first-order chi connectivity index (χ1) is 10.9. The van der Waals surface area contributed by atoms with Gasteiger partial charge in [-0.05, 0) is 54.6 Å². The van der Waals surface area contributed by atoms with E-state index in [0.29, 0.717) is 17.1 Å². The summed E-state index contributed by atoms with van der Waals surface area (Å²) in [6, 6.07) is 12.0. The Bertz CT molecular complexity index is 841. The van der Waals surface area contributed by atoms with Gasteiger partial charge in [0.25, 0.3) is 10.1 Å². The van der Waals surface area contributed by atoms with Gasteiger partial charge in [-0.3, -0.25) is 9.35 Å². The van der Waals surface area contributed by atoms with Crippen molar-refractivity contribution in [2.24, 2.45) is 10.2 Å². The fraction of sp³-hybridized carbons (Fsp3) is 0. The van der Waals surface area contributed by atoms with Crippen LogP contribution in [0, 0.1) is 0 Å². The third-order valence-electron chi connectivity index (χ3n) is 2.74. The minimum Gasteiger partial charge on any atom is -0.323 e. The predicted octanol–water partition coefficient (Wildman–Crippen LogP) is 3.47. The van der Waals surface area contributed by atoms with Crippen LogP contribution in [0.1, 0.15) is 0 Å². The number of hydrogen-bond donors (Lipinski definition) is 2. The summed E-state index contributed by atoms with van der Waals surface area (Å²) in [6.45, 7) is 3.36. The van der Waals surface area contributed by atoms with Crippen molar-refractivity contribution in [3.8, 4) is 0 Å². The van der Waals surface area contributed by atoms with Gasteiger partial charge in [0.15, 0.2) is 0 Å². The molecule has 0 atom stereocenters. The van der Waals surface area contributed by atoms with Crippen LogP contribution in [-0.4, -0.2) is 18.9 Å². The molecule has 1 amide bonds. The molecule has 2 N–H and O–H groups in total. The van der Waals surface area contributed by atoms with Gasteiger partial charge >= 0.3 is 0 Å². The predicted molar refractivity (Wildman–Crippen MR) is 85.7 cm³/mol. The fourth-order valence-electron chi connectivity index (χ4n) is 1.60. The van der Waals surface area contributed by atoms with E-state index >= 15 is 0 Å². The molecule has 23 heavy (non-hydrogen) atoms. The van der Waals surface area contributed by atoms with Gasteiger partial charge in [0.05, 0.1) is 16.3 Å². The van der Waals surface area contributed by atoms with E-state index in [1.807, 2.05) is 0 Å². The van der Waals surface area contributed by atoms with Gasteiger partial charge in [-0.15, -0.1) is 0 Å². The van der Waals surface area contributed by atoms with Crippen LogP contribution in [0.5, 0.6) is 0 Å². The van der Waals surface area contributed by atoms with Crippen molar-refractivity contribution >= 4 is 33.1 Å². The van der Waals surface area contributed by atoms with E-state index < -0.39 is 10.1 Å². The van der Waals surface area contributed by atoms with Crippen molar-refractivity contribution in [2.75, 3.05) is 5.32 Å². The Labute approximate surface area is 133 Å². The summed E-state index contributed by atoms with van der Waals surface area (Å²) in [4.78, 5) is 10.9. The molecular weight excluding hydrogens is 318 g/mol. The first kappa shape index (κ1) is 16.5. The van der Waals surface area contributed by atoms with Crippen LogP contribution in [0.15, 0.2) is 76.3 Å². The molecule has 0 saturated carbocycles. The lowest BCUT2D eigenvalue weighted by Gasteiger charge is -2.01. The number of benzene rings is 2. The largest absolute Gasteiger partial charge is 0.323 e. The number of anilines is 1. The normalized spacial score (nSPS) is 11.3. The monoisotopic (exact) mass is 331 g/mol. The van der Waals surface area contributed by atoms with Crippen LogP contribution in [-0.2, 0) is 14.9 Å². The average molecular weight is 331 g/mol. The number of nitrogens with zero attached hydrogens (tertiary/aromatic N) is 2. The molecule has 0 radical (unpaired) electrons. The van der Waals surface area contributed by atoms with E-state index in [9.17, 15) is 13.2 Å². The Kier molecular flexibility index (Phi) is 4.99. The molecule has 2 aromatic carbocycles. The fourth-order valence-corrected chi connectivity index (χ4v) is 2.08. The lowest BCUT2D eigenvalue weighted by atomic mass is 10.3. The maximum Gasteiger partial charge on any atom is 0.294 e. The highest BCUT2D eigenvalue weighted by atomic mass is 32.2. The van der Waals surface area contributed by atoms with Crippen LogP contribution in [0.4, 0.5) is 17.1 Å². The molecule has 0 aliphatic heterocycles. The quantitative estimate of drug-likeness (QED) is 0.496. The topological polar surface area (TPSA) is 108 Å². The molecule has 0 bridgehead atoms. The summed E-state index contributed by atoms with van der Waals surface area (Å²) in [5.74, 6) is -0.307. The maximum atomic E-state index is 11.1. The number of nitrogens with one attached hydrogen (secondary N) is 1. The summed E-state index contributed by atoms with van der Waals surface area (Å²) in [5, 5.41) is 10.5. The summed E-state index contributed by atoms with van der Waals surface area (Å²) >= 11 is 0. The van der Waals surface area contributed by atoms with E-state index in [4.69, 9.17) is 4.55 Å². The molecule has 0 aliphatic carbocycles. The molecule has 0 aliphatic rings. The average Bonchev–Trinajstić information content (AvgIpc) is 2.53. The van der Waals surface area contributed by atoms with E-state index in [-0.39, 0.29) is 10.8 Å². The summed E-state index contributed by atoms with van der Waals surface area (Å²) in [6.07, 6.45) is 1.17. The van der Waals surface area contributed by atoms with Crippen LogP contribution in [0.3, 0.4) is 0 Å². The molecule has 2 rings (SSSR count). The molecule has 0 fully saturated rings. The van der Waals surface area contributed by atoms with Crippen LogP contribution >= 0.6 is 0 Å². The highest BCUT2D eigenvalue weighted by Gasteiger charge is 2.08. The van der Waals surface area contributed by atoms with Gasteiger partial charge < -0.3 is 5.32 Å². The molecule has 0 heterocycles. The van der Waals surface area contributed by atoms with Crippen LogP contribution < -0.4 is 5.32 Å². The van der Waals surface area contributed by atoms with E-state index in [2.05, 4.69) is 22.1 Å². The maximum absolute atomic E-state index is 11.1. The van der Waals surface area contributed by atoms with Gasteiger partial charge in [-0.2, -0.15) is 18.6 Å². The van der Waals surface area contributed by atoms with Gasteiger partial charge in [0, 0.05) is 5.69 Å². The van der Waals surface area contributed by atoms with Crippen molar-refractivity contribution < 1.29 is 17.8 Å². The molecule has 7 nitrogen and oxygen atoms in total. The van der Waals surface area contributed by atoms with Gasteiger partial charge in [-0.1, -0.05) is 6.58 Å². The van der Waals surface area contributed by atoms with E-state index in [1.165, 1.54) is 30.3 Å². The smallest absolute Gasteiger partial charge is 0.294 e. The second-order valence-corrected chi connectivity index (χ2v) is 5.83. The Morgan fingerprint density at radius 3 is 1.91 bits per heavy atom. The number of rotatable bonds is 5. The van der Waals surface area contributed by atoms with Crippen LogP contribution in [0.25, 0.3) is 0 Å². The first-order valence-corrected chi connectivity index (χ1v) is 7.85. The standard InChI is InChI=1S/C15H13N3O4S/c1-2-15(19)16-11-3-5-12(6-4-11)17-18-13-7-9-14(10-8-13)23(20,21)22/h2-10H,1H2,(H,16,19)(H,20,21,22). The summed E-state index contributed by atoms with van der Waals surface area (Å²) in [7, 11) is -4.22. The van der Waals surface area contributed by atoms with E-state index in [0.717, 1.165) is 0 Å². The Morgan fingerprint density at radius 1 is 1.00 bits per heavy atom. The molecule has 0 unspecified atom stereocenters. The SMILES string of the molecule is C=CC(=O)Nc1ccc(N=Nc2ccc(S(=O)(=O)O)cc2)cc1. The van der Waals surface area contributed by atoms with Gasteiger partial charge in [0.2, 0.25) is 5.91 Å².